The van der Waals surface area contributed by atoms with Crippen LogP contribution < -0.4 is 4.74 Å². The topological polar surface area (TPSA) is 9.23 Å². The molecular weight excluding hydrogens is 172 g/mol. The Morgan fingerprint density at radius 1 is 1.33 bits per heavy atom. The fraction of sp³-hybridized carbons (Fsp3) is 0.400. The van der Waals surface area contributed by atoms with Crippen molar-refractivity contribution in [3.05, 3.63) is 29.8 Å². The van der Waals surface area contributed by atoms with Crippen molar-refractivity contribution in [3.8, 4) is 5.75 Å². The summed E-state index contributed by atoms with van der Waals surface area (Å²) in [5.74, 6) is 1.49. The molecule has 0 spiro atoms. The van der Waals surface area contributed by atoms with Crippen molar-refractivity contribution >= 4 is 11.6 Å². The molecule has 1 aliphatic rings. The zero-order chi connectivity index (χ0) is 8.55. The molecule has 1 aromatic carbocycles. The summed E-state index contributed by atoms with van der Waals surface area (Å²) in [5, 5.41) is 0.360. The summed E-state index contributed by atoms with van der Waals surface area (Å²) in [4.78, 5) is 0. The lowest BCUT2D eigenvalue weighted by atomic mass is 10.1. The van der Waals surface area contributed by atoms with Crippen molar-refractivity contribution in [1.29, 1.82) is 0 Å². The van der Waals surface area contributed by atoms with E-state index >= 15 is 0 Å². The Bertz CT molecular complexity index is 268. The fourth-order valence-corrected chi connectivity index (χ4v) is 1.70. The average molecular weight is 183 g/mol. The normalized spacial score (nSPS) is 26.8. The second kappa shape index (κ2) is 2.98. The summed E-state index contributed by atoms with van der Waals surface area (Å²) < 4.78 is 5.06. The molecule has 2 heteroatoms. The third kappa shape index (κ3) is 1.42. The molecule has 0 unspecified atom stereocenters. The van der Waals surface area contributed by atoms with Gasteiger partial charge < -0.3 is 4.74 Å². The van der Waals surface area contributed by atoms with Crippen LogP contribution in [-0.4, -0.2) is 12.5 Å². The van der Waals surface area contributed by atoms with E-state index in [9.17, 15) is 0 Å². The third-order valence-corrected chi connectivity index (χ3v) is 2.74. The first-order valence-electron chi connectivity index (χ1n) is 4.09. The lowest BCUT2D eigenvalue weighted by Gasteiger charge is -2.00. The Morgan fingerprint density at radius 2 is 1.92 bits per heavy atom. The Morgan fingerprint density at radius 3 is 2.33 bits per heavy atom. The number of halogens is 1. The van der Waals surface area contributed by atoms with E-state index in [1.807, 2.05) is 12.1 Å². The molecule has 1 saturated carbocycles. The number of rotatable bonds is 2. The highest BCUT2D eigenvalue weighted by Crippen LogP contribution is 2.45. The second-order valence-electron chi connectivity index (χ2n) is 3.13. The highest BCUT2D eigenvalue weighted by Gasteiger charge is 2.36. The van der Waals surface area contributed by atoms with Gasteiger partial charge in [-0.3, -0.25) is 0 Å². The van der Waals surface area contributed by atoms with Gasteiger partial charge in [0.25, 0.3) is 0 Å². The van der Waals surface area contributed by atoms with E-state index in [0.717, 1.165) is 12.2 Å². The summed E-state index contributed by atoms with van der Waals surface area (Å²) >= 11 is 5.93. The van der Waals surface area contributed by atoms with Crippen LogP contribution in [0.25, 0.3) is 0 Å². The van der Waals surface area contributed by atoms with Gasteiger partial charge in [0.2, 0.25) is 0 Å². The summed E-state index contributed by atoms with van der Waals surface area (Å²) in [5.41, 5.74) is 1.33. The molecule has 0 N–H and O–H groups in total. The van der Waals surface area contributed by atoms with Crippen molar-refractivity contribution in [3.63, 3.8) is 0 Å². The van der Waals surface area contributed by atoms with Gasteiger partial charge in [0.05, 0.1) is 7.11 Å². The third-order valence-electron chi connectivity index (χ3n) is 2.26. The first kappa shape index (κ1) is 7.93. The van der Waals surface area contributed by atoms with Crippen molar-refractivity contribution in [2.75, 3.05) is 7.11 Å². The van der Waals surface area contributed by atoms with Crippen LogP contribution in [-0.2, 0) is 0 Å². The first-order chi connectivity index (χ1) is 5.81. The summed E-state index contributed by atoms with van der Waals surface area (Å²) in [7, 11) is 1.68. The van der Waals surface area contributed by atoms with Crippen LogP contribution in [0.4, 0.5) is 0 Å². The van der Waals surface area contributed by atoms with E-state index in [4.69, 9.17) is 16.3 Å². The van der Waals surface area contributed by atoms with Crippen LogP contribution in [0.5, 0.6) is 5.75 Å². The van der Waals surface area contributed by atoms with Gasteiger partial charge in [0.15, 0.2) is 0 Å². The molecule has 0 amide bonds. The molecule has 12 heavy (non-hydrogen) atoms. The lowest BCUT2D eigenvalue weighted by Crippen LogP contribution is -1.84. The van der Waals surface area contributed by atoms with Gasteiger partial charge in [-0.05, 0) is 24.1 Å². The minimum Gasteiger partial charge on any atom is -0.497 e. The molecule has 2 atom stereocenters. The summed E-state index contributed by atoms with van der Waals surface area (Å²) in [6.45, 7) is 0. The van der Waals surface area contributed by atoms with Gasteiger partial charge in [0, 0.05) is 11.3 Å². The van der Waals surface area contributed by atoms with Crippen LogP contribution in [0.1, 0.15) is 17.9 Å². The van der Waals surface area contributed by atoms with Gasteiger partial charge in [0.1, 0.15) is 5.75 Å². The Balaban J connectivity index is 2.14. The molecule has 0 aliphatic heterocycles. The largest absolute Gasteiger partial charge is 0.497 e. The van der Waals surface area contributed by atoms with Crippen LogP contribution in [0.15, 0.2) is 24.3 Å². The first-order valence-corrected chi connectivity index (χ1v) is 4.53. The van der Waals surface area contributed by atoms with Gasteiger partial charge >= 0.3 is 0 Å². The van der Waals surface area contributed by atoms with Crippen molar-refractivity contribution in [2.24, 2.45) is 0 Å². The number of benzene rings is 1. The molecule has 1 fully saturated rings. The SMILES string of the molecule is COc1ccc([C@@H]2C[C@@H]2Cl)cc1. The van der Waals surface area contributed by atoms with Crippen LogP contribution >= 0.6 is 11.6 Å². The maximum atomic E-state index is 5.93. The smallest absolute Gasteiger partial charge is 0.118 e. The van der Waals surface area contributed by atoms with E-state index in [2.05, 4.69) is 12.1 Å². The number of ether oxygens (including phenoxy) is 1. The molecule has 2 rings (SSSR count). The van der Waals surface area contributed by atoms with Crippen LogP contribution in [0.2, 0.25) is 0 Å². The predicted octanol–water partition coefficient (Wildman–Crippen LogP) is 2.79. The van der Waals surface area contributed by atoms with Gasteiger partial charge in [-0.2, -0.15) is 0 Å². The van der Waals surface area contributed by atoms with Crippen LogP contribution in [0, 0.1) is 0 Å². The Kier molecular flexibility index (Phi) is 1.97. The molecule has 64 valence electrons. The second-order valence-corrected chi connectivity index (χ2v) is 3.69. The molecule has 0 heterocycles. The minimum atomic E-state index is 0.360. The summed E-state index contributed by atoms with van der Waals surface area (Å²) in [6.07, 6.45) is 1.12. The number of hydrogen-bond acceptors (Lipinski definition) is 1. The maximum absolute atomic E-state index is 5.93. The van der Waals surface area contributed by atoms with Crippen molar-refractivity contribution in [2.45, 2.75) is 17.7 Å². The predicted molar refractivity (Wildman–Crippen MR) is 50.0 cm³/mol. The molecule has 1 aliphatic carbocycles. The molecule has 0 radical (unpaired) electrons. The lowest BCUT2D eigenvalue weighted by molar-refractivity contribution is 0.414. The summed E-state index contributed by atoms with van der Waals surface area (Å²) in [6, 6.07) is 8.15. The number of hydrogen-bond donors (Lipinski definition) is 0. The maximum Gasteiger partial charge on any atom is 0.118 e. The highest BCUT2D eigenvalue weighted by molar-refractivity contribution is 6.23. The molecule has 0 aromatic heterocycles. The fourth-order valence-electron chi connectivity index (χ4n) is 1.36. The van der Waals surface area contributed by atoms with Crippen LogP contribution in [0.3, 0.4) is 0 Å². The number of alkyl halides is 1. The monoisotopic (exact) mass is 182 g/mol. The van der Waals surface area contributed by atoms with E-state index in [-0.39, 0.29) is 0 Å². The Labute approximate surface area is 77.3 Å². The van der Waals surface area contributed by atoms with E-state index in [0.29, 0.717) is 11.3 Å². The Hall–Kier alpha value is -0.690. The molecule has 1 nitrogen and oxygen atoms in total. The zero-order valence-electron chi connectivity index (χ0n) is 6.96. The molecular formula is C10H11ClO. The quantitative estimate of drug-likeness (QED) is 0.640. The minimum absolute atomic E-state index is 0.360. The van der Waals surface area contributed by atoms with E-state index in [1.165, 1.54) is 5.56 Å². The highest BCUT2D eigenvalue weighted by atomic mass is 35.5. The van der Waals surface area contributed by atoms with E-state index < -0.39 is 0 Å². The molecule has 1 aromatic rings. The number of methoxy groups -OCH3 is 1. The standard InChI is InChI=1S/C10H11ClO/c1-12-8-4-2-7(3-5-8)9-6-10(9)11/h2-5,9-10H,6H2,1H3/t9-,10-/m0/s1. The molecule has 0 bridgehead atoms. The van der Waals surface area contributed by atoms with Gasteiger partial charge in [-0.1, -0.05) is 12.1 Å². The van der Waals surface area contributed by atoms with Gasteiger partial charge in [-0.15, -0.1) is 11.6 Å². The average Bonchev–Trinajstić information content (AvgIpc) is 2.83. The van der Waals surface area contributed by atoms with Crippen molar-refractivity contribution < 1.29 is 4.74 Å². The van der Waals surface area contributed by atoms with E-state index in [1.54, 1.807) is 7.11 Å². The van der Waals surface area contributed by atoms with Crippen molar-refractivity contribution in [1.82, 2.24) is 0 Å². The zero-order valence-corrected chi connectivity index (χ0v) is 7.71. The van der Waals surface area contributed by atoms with Gasteiger partial charge in [-0.25, -0.2) is 0 Å². The molecule has 0 saturated heterocycles.